The topological polar surface area (TPSA) is 61.9 Å². The molecule has 0 spiro atoms. The first-order valence-corrected chi connectivity index (χ1v) is 9.20. The maximum atomic E-state index is 13.6. The summed E-state index contributed by atoms with van der Waals surface area (Å²) in [7, 11) is 0. The van der Waals surface area contributed by atoms with E-state index >= 15 is 0 Å². The Morgan fingerprint density at radius 2 is 1.56 bits per heavy atom. The molecule has 4 rings (SSSR count). The highest BCUT2D eigenvalue weighted by Gasteiger charge is 2.51. The lowest BCUT2D eigenvalue weighted by Gasteiger charge is -2.28. The summed E-state index contributed by atoms with van der Waals surface area (Å²) >= 11 is 5.50. The van der Waals surface area contributed by atoms with Crippen LogP contribution in [-0.2, 0) is 15.1 Å². The van der Waals surface area contributed by atoms with Crippen LogP contribution in [0.1, 0.15) is 11.1 Å². The first kappa shape index (κ1) is 17.5. The molecule has 2 aliphatic heterocycles. The van der Waals surface area contributed by atoms with Crippen LogP contribution in [0.3, 0.4) is 0 Å². The number of thiocarbonyl (C=S) groups is 1. The standard InChI is InChI=1S/C20H19N3O3S/c24-17-20(15-7-3-1-4-8-15,16-9-5-2-6-10-16)21-18(27)23(17)12-11-22-13-14-26-19(22)25/h1-10H,11-14H2,(H,21,27). The fourth-order valence-corrected chi connectivity index (χ4v) is 3.89. The average molecular weight is 381 g/mol. The number of nitrogens with one attached hydrogen (secondary N) is 1. The van der Waals surface area contributed by atoms with Crippen molar-refractivity contribution in [1.82, 2.24) is 15.1 Å². The first-order valence-electron chi connectivity index (χ1n) is 8.80. The number of nitrogens with zero attached hydrogens (tertiary/aromatic N) is 2. The van der Waals surface area contributed by atoms with Gasteiger partial charge in [0.25, 0.3) is 5.91 Å². The number of carbonyl (C=O) groups excluding carboxylic acids is 2. The van der Waals surface area contributed by atoms with Gasteiger partial charge in [0.1, 0.15) is 6.61 Å². The molecule has 1 N–H and O–H groups in total. The zero-order valence-electron chi connectivity index (χ0n) is 14.6. The second kappa shape index (κ2) is 7.00. The molecule has 7 heteroatoms. The van der Waals surface area contributed by atoms with Gasteiger partial charge in [-0.1, -0.05) is 60.7 Å². The van der Waals surface area contributed by atoms with Gasteiger partial charge in [0.2, 0.25) is 0 Å². The lowest BCUT2D eigenvalue weighted by molar-refractivity contribution is -0.130. The Kier molecular flexibility index (Phi) is 4.53. The zero-order valence-corrected chi connectivity index (χ0v) is 15.4. The van der Waals surface area contributed by atoms with Crippen molar-refractivity contribution in [2.24, 2.45) is 0 Å². The minimum atomic E-state index is -1.06. The van der Waals surface area contributed by atoms with Gasteiger partial charge in [0.15, 0.2) is 10.7 Å². The fourth-order valence-electron chi connectivity index (χ4n) is 3.56. The molecule has 0 aromatic heterocycles. The molecule has 0 bridgehead atoms. The van der Waals surface area contributed by atoms with Crippen LogP contribution in [0.2, 0.25) is 0 Å². The van der Waals surface area contributed by atoms with Gasteiger partial charge in [-0.25, -0.2) is 4.79 Å². The number of cyclic esters (lactones) is 1. The minimum absolute atomic E-state index is 0.141. The first-order chi connectivity index (χ1) is 13.1. The molecular formula is C20H19N3O3S. The molecular weight excluding hydrogens is 362 g/mol. The molecule has 2 amide bonds. The van der Waals surface area contributed by atoms with E-state index in [9.17, 15) is 9.59 Å². The molecule has 2 heterocycles. The summed E-state index contributed by atoms with van der Waals surface area (Å²) in [6.07, 6.45) is -0.349. The maximum Gasteiger partial charge on any atom is 0.410 e. The lowest BCUT2D eigenvalue weighted by atomic mass is 9.82. The Bertz CT molecular complexity index is 833. The van der Waals surface area contributed by atoms with Crippen LogP contribution in [0.4, 0.5) is 4.79 Å². The number of hydrogen-bond donors (Lipinski definition) is 1. The third kappa shape index (κ3) is 2.94. The van der Waals surface area contributed by atoms with Gasteiger partial charge >= 0.3 is 6.09 Å². The van der Waals surface area contributed by atoms with Gasteiger partial charge in [-0.3, -0.25) is 9.69 Å². The van der Waals surface area contributed by atoms with Crippen LogP contribution in [-0.4, -0.2) is 53.2 Å². The molecule has 2 fully saturated rings. The Balaban J connectivity index is 1.67. The van der Waals surface area contributed by atoms with Gasteiger partial charge in [-0.2, -0.15) is 0 Å². The quantitative estimate of drug-likeness (QED) is 0.804. The zero-order chi connectivity index (χ0) is 18.9. The van der Waals surface area contributed by atoms with Crippen LogP contribution in [0.5, 0.6) is 0 Å². The summed E-state index contributed by atoms with van der Waals surface area (Å²) in [5, 5.41) is 3.62. The number of hydrogen-bond acceptors (Lipinski definition) is 4. The maximum absolute atomic E-state index is 13.6. The Morgan fingerprint density at radius 3 is 2.07 bits per heavy atom. The van der Waals surface area contributed by atoms with E-state index in [-0.39, 0.29) is 12.0 Å². The molecule has 2 aliphatic rings. The molecule has 27 heavy (non-hydrogen) atoms. The van der Waals surface area contributed by atoms with E-state index < -0.39 is 5.54 Å². The van der Waals surface area contributed by atoms with E-state index in [0.29, 0.717) is 31.4 Å². The van der Waals surface area contributed by atoms with E-state index in [1.165, 1.54) is 0 Å². The minimum Gasteiger partial charge on any atom is -0.448 e. The van der Waals surface area contributed by atoms with Crippen molar-refractivity contribution in [2.75, 3.05) is 26.2 Å². The van der Waals surface area contributed by atoms with Crippen LogP contribution < -0.4 is 5.32 Å². The predicted octanol–water partition coefficient (Wildman–Crippen LogP) is 2.10. The van der Waals surface area contributed by atoms with Gasteiger partial charge in [-0.15, -0.1) is 0 Å². The molecule has 138 valence electrons. The number of ether oxygens (including phenoxy) is 1. The number of benzene rings is 2. The smallest absolute Gasteiger partial charge is 0.410 e. The predicted molar refractivity (Wildman–Crippen MR) is 104 cm³/mol. The molecule has 6 nitrogen and oxygen atoms in total. The third-order valence-corrected chi connectivity index (χ3v) is 5.28. The Hall–Kier alpha value is -2.93. The SMILES string of the molecule is O=C1OCCN1CCN1C(=O)C(c2ccccc2)(c2ccccc2)NC1=S. The second-order valence-corrected chi connectivity index (χ2v) is 6.86. The summed E-state index contributed by atoms with van der Waals surface area (Å²) in [5.41, 5.74) is 0.587. The summed E-state index contributed by atoms with van der Waals surface area (Å²) in [6.45, 7) is 1.62. The summed E-state index contributed by atoms with van der Waals surface area (Å²) in [4.78, 5) is 28.4. The number of rotatable bonds is 5. The molecule has 0 atom stereocenters. The average Bonchev–Trinajstić information content (AvgIpc) is 3.22. The van der Waals surface area contributed by atoms with E-state index in [2.05, 4.69) is 5.32 Å². The monoisotopic (exact) mass is 381 g/mol. The van der Waals surface area contributed by atoms with Gasteiger partial charge < -0.3 is 15.0 Å². The molecule has 2 aromatic rings. The Labute approximate surface area is 162 Å². The van der Waals surface area contributed by atoms with Crippen molar-refractivity contribution < 1.29 is 14.3 Å². The highest BCUT2D eigenvalue weighted by Crippen LogP contribution is 2.36. The number of amides is 2. The molecule has 0 saturated carbocycles. The highest BCUT2D eigenvalue weighted by molar-refractivity contribution is 7.80. The largest absolute Gasteiger partial charge is 0.448 e. The van der Waals surface area contributed by atoms with Gasteiger partial charge in [-0.05, 0) is 23.3 Å². The van der Waals surface area contributed by atoms with E-state index in [4.69, 9.17) is 17.0 Å². The molecule has 2 saturated heterocycles. The summed E-state index contributed by atoms with van der Waals surface area (Å²) < 4.78 is 4.95. The van der Waals surface area contributed by atoms with E-state index in [0.717, 1.165) is 11.1 Å². The molecule has 0 radical (unpaired) electrons. The Morgan fingerprint density at radius 1 is 0.963 bits per heavy atom. The van der Waals surface area contributed by atoms with Crippen molar-refractivity contribution >= 4 is 29.3 Å². The normalized spacial score (nSPS) is 18.6. The molecule has 0 unspecified atom stereocenters. The summed E-state index contributed by atoms with van der Waals surface area (Å²) in [5.74, 6) is -0.141. The summed E-state index contributed by atoms with van der Waals surface area (Å²) in [6, 6.07) is 19.1. The van der Waals surface area contributed by atoms with Crippen LogP contribution in [0.15, 0.2) is 60.7 Å². The van der Waals surface area contributed by atoms with Crippen LogP contribution >= 0.6 is 12.2 Å². The van der Waals surface area contributed by atoms with Crippen molar-refractivity contribution in [1.29, 1.82) is 0 Å². The van der Waals surface area contributed by atoms with Crippen molar-refractivity contribution in [3.05, 3.63) is 71.8 Å². The third-order valence-electron chi connectivity index (χ3n) is 4.96. The lowest BCUT2D eigenvalue weighted by Crippen LogP contribution is -2.45. The van der Waals surface area contributed by atoms with Crippen molar-refractivity contribution in [2.45, 2.75) is 5.54 Å². The van der Waals surface area contributed by atoms with Crippen molar-refractivity contribution in [3.8, 4) is 0 Å². The number of carbonyl (C=O) groups is 2. The fraction of sp³-hybridized carbons (Fsp3) is 0.250. The van der Waals surface area contributed by atoms with Gasteiger partial charge in [0.05, 0.1) is 6.54 Å². The van der Waals surface area contributed by atoms with Gasteiger partial charge in [0, 0.05) is 13.1 Å². The molecule has 0 aliphatic carbocycles. The highest BCUT2D eigenvalue weighted by atomic mass is 32.1. The van der Waals surface area contributed by atoms with Crippen molar-refractivity contribution in [3.63, 3.8) is 0 Å². The second-order valence-electron chi connectivity index (χ2n) is 6.47. The van der Waals surface area contributed by atoms with E-state index in [1.807, 2.05) is 60.7 Å². The van der Waals surface area contributed by atoms with Crippen LogP contribution in [0, 0.1) is 0 Å². The van der Waals surface area contributed by atoms with E-state index in [1.54, 1.807) is 9.80 Å². The molecule has 2 aromatic carbocycles. The van der Waals surface area contributed by atoms with Crippen LogP contribution in [0.25, 0.3) is 0 Å².